The molecule has 0 saturated carbocycles. The highest BCUT2D eigenvalue weighted by atomic mass is 79.9. The second-order valence-electron chi connectivity index (χ2n) is 3.91. The van der Waals surface area contributed by atoms with Gasteiger partial charge in [-0.2, -0.15) is 0 Å². The van der Waals surface area contributed by atoms with Crippen LogP contribution < -0.4 is 0 Å². The molecular formula is C13H13Br2N3. The first-order valence-electron chi connectivity index (χ1n) is 5.77. The third-order valence-electron chi connectivity index (χ3n) is 2.54. The van der Waals surface area contributed by atoms with Gasteiger partial charge < -0.3 is 0 Å². The van der Waals surface area contributed by atoms with Crippen LogP contribution in [0.4, 0.5) is 0 Å². The topological polar surface area (TPSA) is 38.7 Å². The third kappa shape index (κ3) is 3.14. The Morgan fingerprint density at radius 1 is 1.17 bits per heavy atom. The van der Waals surface area contributed by atoms with E-state index in [2.05, 4.69) is 53.7 Å². The number of pyridine rings is 1. The fourth-order valence-electron chi connectivity index (χ4n) is 1.64. The Hall–Kier alpha value is -0.810. The average Bonchev–Trinajstić information content (AvgIpc) is 2.40. The zero-order valence-electron chi connectivity index (χ0n) is 10.0. The highest BCUT2D eigenvalue weighted by Crippen LogP contribution is 2.18. The second kappa shape index (κ2) is 6.38. The van der Waals surface area contributed by atoms with Crippen LogP contribution in [-0.2, 0) is 11.8 Å². The van der Waals surface area contributed by atoms with Crippen molar-refractivity contribution in [2.24, 2.45) is 0 Å². The fourth-order valence-corrected chi connectivity index (χ4v) is 2.34. The number of aromatic nitrogens is 3. The summed E-state index contributed by atoms with van der Waals surface area (Å²) in [4.78, 5) is 13.3. The standard InChI is InChI=1S/C13H13Br2N3/c1-2-3-11-9(6-14)7-17-13(18-11)12-5-4-10(15)8-16-12/h4-5,7-8H,2-3,6H2,1H3. The number of nitrogens with zero attached hydrogens (tertiary/aromatic N) is 3. The van der Waals surface area contributed by atoms with Gasteiger partial charge in [-0.05, 0) is 34.5 Å². The quantitative estimate of drug-likeness (QED) is 0.759. The SMILES string of the molecule is CCCc1nc(-c2ccc(Br)cn2)ncc1CBr. The first kappa shape index (κ1) is 13.6. The normalized spacial score (nSPS) is 10.6. The molecule has 3 nitrogen and oxygen atoms in total. The lowest BCUT2D eigenvalue weighted by Gasteiger charge is -2.07. The minimum Gasteiger partial charge on any atom is -0.252 e. The summed E-state index contributed by atoms with van der Waals surface area (Å²) in [6, 6.07) is 3.87. The van der Waals surface area contributed by atoms with E-state index >= 15 is 0 Å². The molecular weight excluding hydrogens is 358 g/mol. The largest absolute Gasteiger partial charge is 0.252 e. The Bertz CT molecular complexity index is 526. The lowest BCUT2D eigenvalue weighted by Crippen LogP contribution is -2.01. The van der Waals surface area contributed by atoms with Gasteiger partial charge in [0.05, 0.1) is 0 Å². The number of hydrogen-bond donors (Lipinski definition) is 0. The van der Waals surface area contributed by atoms with E-state index < -0.39 is 0 Å². The fraction of sp³-hybridized carbons (Fsp3) is 0.308. The van der Waals surface area contributed by atoms with Crippen molar-refractivity contribution in [3.05, 3.63) is 40.3 Å². The molecule has 18 heavy (non-hydrogen) atoms. The summed E-state index contributed by atoms with van der Waals surface area (Å²) >= 11 is 6.84. The van der Waals surface area contributed by atoms with Gasteiger partial charge in [-0.3, -0.25) is 4.98 Å². The molecule has 0 N–H and O–H groups in total. The molecule has 5 heteroatoms. The molecule has 0 aliphatic carbocycles. The summed E-state index contributed by atoms with van der Waals surface area (Å²) in [6.07, 6.45) is 5.68. The molecule has 0 saturated heterocycles. The van der Waals surface area contributed by atoms with Crippen molar-refractivity contribution < 1.29 is 0 Å². The molecule has 0 spiro atoms. The van der Waals surface area contributed by atoms with Crippen molar-refractivity contribution in [1.82, 2.24) is 15.0 Å². The van der Waals surface area contributed by atoms with Gasteiger partial charge in [0.1, 0.15) is 5.69 Å². The Morgan fingerprint density at radius 3 is 2.61 bits per heavy atom. The van der Waals surface area contributed by atoms with E-state index in [1.54, 1.807) is 6.20 Å². The Kier molecular flexibility index (Phi) is 4.83. The Balaban J connectivity index is 2.39. The number of hydrogen-bond acceptors (Lipinski definition) is 3. The van der Waals surface area contributed by atoms with Crippen LogP contribution in [0.2, 0.25) is 0 Å². The maximum atomic E-state index is 4.61. The zero-order valence-corrected chi connectivity index (χ0v) is 13.2. The van der Waals surface area contributed by atoms with Crippen LogP contribution in [-0.4, -0.2) is 15.0 Å². The molecule has 2 rings (SSSR count). The second-order valence-corrected chi connectivity index (χ2v) is 5.39. The van der Waals surface area contributed by atoms with E-state index in [0.717, 1.165) is 39.6 Å². The van der Waals surface area contributed by atoms with Gasteiger partial charge in [0.25, 0.3) is 0 Å². The first-order valence-corrected chi connectivity index (χ1v) is 7.68. The number of alkyl halides is 1. The van der Waals surface area contributed by atoms with Gasteiger partial charge in [0.2, 0.25) is 0 Å². The number of aryl methyl sites for hydroxylation is 1. The number of rotatable bonds is 4. The molecule has 2 aromatic rings. The smallest absolute Gasteiger partial charge is 0.178 e. The maximum Gasteiger partial charge on any atom is 0.178 e. The number of halogens is 2. The average molecular weight is 371 g/mol. The van der Waals surface area contributed by atoms with Gasteiger partial charge in [-0.1, -0.05) is 29.3 Å². The van der Waals surface area contributed by atoms with Gasteiger partial charge in [-0.15, -0.1) is 0 Å². The maximum absolute atomic E-state index is 4.61. The van der Waals surface area contributed by atoms with E-state index in [9.17, 15) is 0 Å². The van der Waals surface area contributed by atoms with Crippen LogP contribution in [0.1, 0.15) is 24.6 Å². The monoisotopic (exact) mass is 369 g/mol. The van der Waals surface area contributed by atoms with Crippen LogP contribution in [0.5, 0.6) is 0 Å². The van der Waals surface area contributed by atoms with Crippen LogP contribution in [0.15, 0.2) is 29.0 Å². The van der Waals surface area contributed by atoms with Crippen molar-refractivity contribution in [2.75, 3.05) is 0 Å². The summed E-state index contributed by atoms with van der Waals surface area (Å²) in [5.41, 5.74) is 3.05. The zero-order chi connectivity index (χ0) is 13.0. The molecule has 0 aliphatic rings. The summed E-state index contributed by atoms with van der Waals surface area (Å²) in [5.74, 6) is 0.690. The molecule has 0 aromatic carbocycles. The van der Waals surface area contributed by atoms with Gasteiger partial charge in [0, 0.05) is 33.5 Å². The van der Waals surface area contributed by atoms with Gasteiger partial charge in [-0.25, -0.2) is 9.97 Å². The van der Waals surface area contributed by atoms with Gasteiger partial charge >= 0.3 is 0 Å². The summed E-state index contributed by atoms with van der Waals surface area (Å²) in [6.45, 7) is 2.15. The van der Waals surface area contributed by atoms with Crippen molar-refractivity contribution in [3.8, 4) is 11.5 Å². The lowest BCUT2D eigenvalue weighted by atomic mass is 10.1. The molecule has 0 bridgehead atoms. The predicted molar refractivity (Wildman–Crippen MR) is 79.6 cm³/mol. The van der Waals surface area contributed by atoms with E-state index in [1.165, 1.54) is 0 Å². The Morgan fingerprint density at radius 2 is 2.00 bits per heavy atom. The molecule has 0 amide bonds. The van der Waals surface area contributed by atoms with Crippen LogP contribution >= 0.6 is 31.9 Å². The summed E-state index contributed by atoms with van der Waals surface area (Å²) < 4.78 is 0.956. The molecule has 2 aromatic heterocycles. The lowest BCUT2D eigenvalue weighted by molar-refractivity contribution is 0.859. The first-order chi connectivity index (χ1) is 8.74. The van der Waals surface area contributed by atoms with E-state index in [0.29, 0.717) is 5.82 Å². The van der Waals surface area contributed by atoms with Crippen molar-refractivity contribution in [2.45, 2.75) is 25.1 Å². The minimum atomic E-state index is 0.690. The van der Waals surface area contributed by atoms with Crippen LogP contribution in [0.25, 0.3) is 11.5 Å². The molecule has 0 atom stereocenters. The van der Waals surface area contributed by atoms with E-state index in [1.807, 2.05) is 18.3 Å². The summed E-state index contributed by atoms with van der Waals surface area (Å²) in [7, 11) is 0. The molecule has 94 valence electrons. The highest BCUT2D eigenvalue weighted by Gasteiger charge is 2.08. The summed E-state index contributed by atoms with van der Waals surface area (Å²) in [5, 5.41) is 0.788. The van der Waals surface area contributed by atoms with Crippen molar-refractivity contribution in [1.29, 1.82) is 0 Å². The third-order valence-corrected chi connectivity index (χ3v) is 3.61. The van der Waals surface area contributed by atoms with Crippen molar-refractivity contribution >= 4 is 31.9 Å². The predicted octanol–water partition coefficient (Wildman–Crippen LogP) is 4.15. The van der Waals surface area contributed by atoms with Gasteiger partial charge in [0.15, 0.2) is 5.82 Å². The van der Waals surface area contributed by atoms with E-state index in [4.69, 9.17) is 0 Å². The molecule has 2 heterocycles. The van der Waals surface area contributed by atoms with Crippen LogP contribution in [0, 0.1) is 0 Å². The minimum absolute atomic E-state index is 0.690. The van der Waals surface area contributed by atoms with E-state index in [-0.39, 0.29) is 0 Å². The molecule has 0 fully saturated rings. The molecule has 0 radical (unpaired) electrons. The highest BCUT2D eigenvalue weighted by molar-refractivity contribution is 9.10. The molecule has 0 unspecified atom stereocenters. The van der Waals surface area contributed by atoms with Crippen molar-refractivity contribution in [3.63, 3.8) is 0 Å². The molecule has 0 aliphatic heterocycles. The Labute approximate surface area is 123 Å². The van der Waals surface area contributed by atoms with Crippen LogP contribution in [0.3, 0.4) is 0 Å².